The maximum Gasteiger partial charge on any atom is 0.416 e. The van der Waals surface area contributed by atoms with Crippen LogP contribution in [-0.4, -0.2) is 62.2 Å². The lowest BCUT2D eigenvalue weighted by Crippen LogP contribution is -2.49. The summed E-state index contributed by atoms with van der Waals surface area (Å²) in [5, 5.41) is 8.70. The normalized spacial score (nSPS) is 19.1. The van der Waals surface area contributed by atoms with Gasteiger partial charge in [-0.05, 0) is 43.2 Å². The fraction of sp³-hybridized carbons (Fsp3) is 0.524. The number of sulfonamides is 1. The smallest absolute Gasteiger partial charge is 0.355 e. The molecule has 4 rings (SSSR count). The highest BCUT2D eigenvalue weighted by Crippen LogP contribution is 2.31. The highest BCUT2D eigenvalue weighted by molar-refractivity contribution is 7.89. The number of hydrogen-bond donors (Lipinski definition) is 0. The monoisotopic (exact) mass is 469 g/mol. The number of nitrogens with zero attached hydrogens (tertiary/aromatic N) is 5. The fourth-order valence-electron chi connectivity index (χ4n) is 4.09. The summed E-state index contributed by atoms with van der Waals surface area (Å²) in [4.78, 5) is 3.84. The van der Waals surface area contributed by atoms with Crippen LogP contribution in [0, 0.1) is 0 Å². The Balaban J connectivity index is 1.40. The Morgan fingerprint density at radius 1 is 0.750 bits per heavy atom. The number of benzene rings is 1. The summed E-state index contributed by atoms with van der Waals surface area (Å²) in [7, 11) is -4.01. The van der Waals surface area contributed by atoms with Gasteiger partial charge in [-0.25, -0.2) is 8.42 Å². The van der Waals surface area contributed by atoms with Crippen LogP contribution in [0.25, 0.3) is 0 Å². The average molecular weight is 470 g/mol. The summed E-state index contributed by atoms with van der Waals surface area (Å²) in [6, 6.07) is 7.71. The number of aromatic nitrogens is 2. The quantitative estimate of drug-likeness (QED) is 0.684. The van der Waals surface area contributed by atoms with E-state index in [0.29, 0.717) is 25.0 Å². The van der Waals surface area contributed by atoms with Gasteiger partial charge in [0.05, 0.1) is 10.5 Å². The molecule has 0 bridgehead atoms. The molecule has 2 aliphatic heterocycles. The molecule has 2 saturated heterocycles. The summed E-state index contributed by atoms with van der Waals surface area (Å²) in [6.07, 6.45) is 0.158. The molecule has 32 heavy (non-hydrogen) atoms. The highest BCUT2D eigenvalue weighted by atomic mass is 32.2. The van der Waals surface area contributed by atoms with E-state index >= 15 is 0 Å². The third kappa shape index (κ3) is 4.98. The second-order valence-electron chi connectivity index (χ2n) is 8.07. The van der Waals surface area contributed by atoms with Gasteiger partial charge < -0.3 is 9.80 Å². The number of hydrogen-bond acceptors (Lipinski definition) is 6. The molecule has 2 aliphatic rings. The van der Waals surface area contributed by atoms with Crippen molar-refractivity contribution in [2.75, 3.05) is 49.1 Å². The van der Waals surface area contributed by atoms with Crippen molar-refractivity contribution in [3.63, 3.8) is 0 Å². The average Bonchev–Trinajstić information content (AvgIpc) is 3.08. The lowest BCUT2D eigenvalue weighted by atomic mass is 10.2. The van der Waals surface area contributed by atoms with E-state index in [1.165, 1.54) is 23.2 Å². The summed E-state index contributed by atoms with van der Waals surface area (Å²) in [5.41, 5.74) is -0.975. The number of piperazine rings is 1. The van der Waals surface area contributed by atoms with Crippen LogP contribution in [0.15, 0.2) is 41.3 Å². The molecule has 11 heteroatoms. The van der Waals surface area contributed by atoms with Crippen LogP contribution in [0.1, 0.15) is 31.2 Å². The van der Waals surface area contributed by atoms with Gasteiger partial charge in [0, 0.05) is 39.3 Å². The Hall–Kier alpha value is -2.40. The molecule has 1 aromatic carbocycles. The number of anilines is 2. The standard InChI is InChI=1S/C21H26F3N5O2S/c22-21(23,24)17-6-5-7-18(16-17)32(30,31)29-14-12-28(13-15-29)20-9-8-19(25-26-20)27-10-3-1-2-4-11-27/h5-9,16H,1-4,10-15H2. The van der Waals surface area contributed by atoms with E-state index in [4.69, 9.17) is 0 Å². The van der Waals surface area contributed by atoms with Gasteiger partial charge in [-0.1, -0.05) is 18.9 Å². The van der Waals surface area contributed by atoms with Crippen LogP contribution in [0.5, 0.6) is 0 Å². The molecule has 3 heterocycles. The molecular formula is C21H26F3N5O2S. The molecule has 0 radical (unpaired) electrons. The molecule has 0 unspecified atom stereocenters. The van der Waals surface area contributed by atoms with Crippen LogP contribution < -0.4 is 9.80 Å². The molecule has 0 aliphatic carbocycles. The third-order valence-corrected chi connectivity index (χ3v) is 7.82. The minimum atomic E-state index is -4.59. The minimum absolute atomic E-state index is 0.161. The second kappa shape index (κ2) is 9.22. The molecule has 7 nitrogen and oxygen atoms in total. The van der Waals surface area contributed by atoms with Crippen molar-refractivity contribution in [3.8, 4) is 0 Å². The van der Waals surface area contributed by atoms with E-state index in [9.17, 15) is 21.6 Å². The van der Waals surface area contributed by atoms with E-state index in [0.717, 1.165) is 43.9 Å². The predicted octanol–water partition coefficient (Wildman–Crippen LogP) is 3.39. The molecular weight excluding hydrogens is 443 g/mol. The summed E-state index contributed by atoms with van der Waals surface area (Å²) >= 11 is 0. The Labute approximate surface area is 185 Å². The zero-order valence-corrected chi connectivity index (χ0v) is 18.4. The maximum absolute atomic E-state index is 13.0. The van der Waals surface area contributed by atoms with Crippen molar-refractivity contribution < 1.29 is 21.6 Å². The van der Waals surface area contributed by atoms with Crippen LogP contribution in [0.4, 0.5) is 24.8 Å². The largest absolute Gasteiger partial charge is 0.416 e. The molecule has 0 amide bonds. The first-order valence-corrected chi connectivity index (χ1v) is 12.2. The van der Waals surface area contributed by atoms with Crippen LogP contribution in [0.2, 0.25) is 0 Å². The SMILES string of the molecule is O=S(=O)(c1cccc(C(F)(F)F)c1)N1CCN(c2ccc(N3CCCCCC3)nn2)CC1. The molecule has 174 valence electrons. The Morgan fingerprint density at radius 2 is 1.31 bits per heavy atom. The molecule has 0 spiro atoms. The first-order chi connectivity index (χ1) is 15.2. The molecule has 0 N–H and O–H groups in total. The Morgan fingerprint density at radius 3 is 1.84 bits per heavy atom. The zero-order chi connectivity index (χ0) is 22.8. The van der Waals surface area contributed by atoms with Gasteiger partial charge in [0.1, 0.15) is 0 Å². The fourth-order valence-corrected chi connectivity index (χ4v) is 5.56. The Kier molecular flexibility index (Phi) is 6.57. The first kappa shape index (κ1) is 22.8. The van der Waals surface area contributed by atoms with Crippen molar-refractivity contribution in [2.24, 2.45) is 0 Å². The van der Waals surface area contributed by atoms with Gasteiger partial charge in [-0.2, -0.15) is 17.5 Å². The lowest BCUT2D eigenvalue weighted by Gasteiger charge is -2.34. The second-order valence-corrected chi connectivity index (χ2v) is 10.0. The predicted molar refractivity (Wildman–Crippen MR) is 115 cm³/mol. The van der Waals surface area contributed by atoms with E-state index in [2.05, 4.69) is 15.1 Å². The minimum Gasteiger partial charge on any atom is -0.355 e. The van der Waals surface area contributed by atoms with Crippen molar-refractivity contribution in [3.05, 3.63) is 42.0 Å². The molecule has 1 aromatic heterocycles. The van der Waals surface area contributed by atoms with Crippen molar-refractivity contribution >= 4 is 21.7 Å². The van der Waals surface area contributed by atoms with Gasteiger partial charge in [0.15, 0.2) is 11.6 Å². The maximum atomic E-state index is 13.0. The molecule has 2 fully saturated rings. The molecule has 0 atom stereocenters. The Bertz CT molecular complexity index is 1010. The van der Waals surface area contributed by atoms with Gasteiger partial charge >= 0.3 is 6.18 Å². The van der Waals surface area contributed by atoms with Crippen molar-refractivity contribution in [1.29, 1.82) is 0 Å². The number of rotatable bonds is 4. The zero-order valence-electron chi connectivity index (χ0n) is 17.6. The summed E-state index contributed by atoms with van der Waals surface area (Å²) < 4.78 is 65.9. The summed E-state index contributed by atoms with van der Waals surface area (Å²) in [5.74, 6) is 1.51. The van der Waals surface area contributed by atoms with Gasteiger partial charge in [0.2, 0.25) is 10.0 Å². The first-order valence-electron chi connectivity index (χ1n) is 10.8. The summed E-state index contributed by atoms with van der Waals surface area (Å²) in [6.45, 7) is 3.04. The van der Waals surface area contributed by atoms with Gasteiger partial charge in [-0.3, -0.25) is 0 Å². The van der Waals surface area contributed by atoms with E-state index < -0.39 is 21.8 Å². The van der Waals surface area contributed by atoms with Gasteiger partial charge in [0.25, 0.3) is 0 Å². The number of alkyl halides is 3. The van der Waals surface area contributed by atoms with Crippen LogP contribution in [-0.2, 0) is 16.2 Å². The third-order valence-electron chi connectivity index (χ3n) is 5.93. The van der Waals surface area contributed by atoms with Crippen LogP contribution >= 0.6 is 0 Å². The molecule has 0 saturated carbocycles. The van der Waals surface area contributed by atoms with Crippen LogP contribution in [0.3, 0.4) is 0 Å². The van der Waals surface area contributed by atoms with E-state index in [1.807, 2.05) is 17.0 Å². The highest BCUT2D eigenvalue weighted by Gasteiger charge is 2.34. The van der Waals surface area contributed by atoms with E-state index in [1.54, 1.807) is 0 Å². The van der Waals surface area contributed by atoms with E-state index in [-0.39, 0.29) is 18.0 Å². The lowest BCUT2D eigenvalue weighted by molar-refractivity contribution is -0.137. The van der Waals surface area contributed by atoms with Crippen molar-refractivity contribution in [2.45, 2.75) is 36.8 Å². The van der Waals surface area contributed by atoms with Crippen molar-refractivity contribution in [1.82, 2.24) is 14.5 Å². The topological polar surface area (TPSA) is 69.6 Å². The van der Waals surface area contributed by atoms with Gasteiger partial charge in [-0.15, -0.1) is 10.2 Å². The molecule has 2 aromatic rings. The number of halogens is 3.